The largest absolute Gasteiger partial charge is 0.355 e. The maximum absolute atomic E-state index is 12.8. The second kappa shape index (κ2) is 8.43. The highest BCUT2D eigenvalue weighted by atomic mass is 16.1. The Balaban J connectivity index is 1.75. The molecule has 1 amide bonds. The van der Waals surface area contributed by atoms with Crippen LogP contribution in [0.5, 0.6) is 0 Å². The maximum atomic E-state index is 12.8. The number of rotatable bonds is 5. The molecule has 1 N–H and O–H groups in total. The topological polar surface area (TPSA) is 58.1 Å². The molecule has 3 aromatic rings. The van der Waals surface area contributed by atoms with Gasteiger partial charge in [0.2, 0.25) is 0 Å². The first kappa shape index (κ1) is 20.5. The van der Waals surface area contributed by atoms with E-state index in [0.717, 1.165) is 11.5 Å². The molecule has 0 atom stereocenters. The van der Waals surface area contributed by atoms with Gasteiger partial charge in [0.05, 0.1) is 0 Å². The maximum Gasteiger partial charge on any atom is 0.274 e. The van der Waals surface area contributed by atoms with Gasteiger partial charge in [0.25, 0.3) is 5.91 Å². The Bertz CT molecular complexity index is 976. The van der Waals surface area contributed by atoms with Crippen LogP contribution in [0.2, 0.25) is 0 Å². The van der Waals surface area contributed by atoms with Crippen LogP contribution in [-0.2, 0) is 12.0 Å². The molecule has 3 rings (SSSR count). The number of aryl methyl sites for hydroxylation is 1. The average Bonchev–Trinajstić information content (AvgIpc) is 2.68. The zero-order valence-corrected chi connectivity index (χ0v) is 17.7. The van der Waals surface area contributed by atoms with Gasteiger partial charge in [0.15, 0.2) is 0 Å². The lowest BCUT2D eigenvalue weighted by atomic mass is 9.87. The molecule has 5 heteroatoms. The van der Waals surface area contributed by atoms with Gasteiger partial charge in [-0.3, -0.25) is 4.79 Å². The average molecular weight is 389 g/mol. The molecule has 29 heavy (non-hydrogen) atoms. The normalized spacial score (nSPS) is 11.2. The van der Waals surface area contributed by atoms with Crippen LogP contribution in [0.25, 0.3) is 0 Å². The van der Waals surface area contributed by atoms with Crippen molar-refractivity contribution in [3.8, 4) is 0 Å². The minimum Gasteiger partial charge on any atom is -0.355 e. The molecule has 0 fully saturated rings. The highest BCUT2D eigenvalue weighted by Crippen LogP contribution is 2.24. The molecule has 5 nitrogen and oxygen atoms in total. The summed E-state index contributed by atoms with van der Waals surface area (Å²) in [6, 6.07) is 19.8. The number of carbonyl (C=O) groups excluding carboxylic acids is 1. The summed E-state index contributed by atoms with van der Waals surface area (Å²) in [5, 5.41) is 2.93. The molecule has 0 saturated heterocycles. The lowest BCUT2D eigenvalue weighted by Gasteiger charge is -2.20. The molecule has 1 heterocycles. The minimum absolute atomic E-state index is 0.0740. The lowest BCUT2D eigenvalue weighted by Crippen LogP contribution is -2.21. The molecule has 0 aliphatic rings. The molecule has 0 saturated carbocycles. The van der Waals surface area contributed by atoms with Crippen molar-refractivity contribution in [3.05, 3.63) is 83.3 Å². The van der Waals surface area contributed by atoms with Crippen LogP contribution in [0.15, 0.2) is 60.7 Å². The Hall–Kier alpha value is -3.21. The summed E-state index contributed by atoms with van der Waals surface area (Å²) >= 11 is 0. The van der Waals surface area contributed by atoms with Gasteiger partial charge in [-0.15, -0.1) is 0 Å². The van der Waals surface area contributed by atoms with Gasteiger partial charge in [0, 0.05) is 25.3 Å². The number of hydrogen-bond donors (Lipinski definition) is 1. The van der Waals surface area contributed by atoms with Crippen molar-refractivity contribution in [1.82, 2.24) is 9.97 Å². The fourth-order valence-electron chi connectivity index (χ4n) is 3.05. The highest BCUT2D eigenvalue weighted by molar-refractivity contribution is 6.03. The predicted molar refractivity (Wildman–Crippen MR) is 118 cm³/mol. The first-order chi connectivity index (χ1) is 13.7. The van der Waals surface area contributed by atoms with Crippen molar-refractivity contribution < 1.29 is 4.79 Å². The van der Waals surface area contributed by atoms with E-state index in [-0.39, 0.29) is 11.3 Å². The van der Waals surface area contributed by atoms with Gasteiger partial charge in [-0.25, -0.2) is 9.97 Å². The summed E-state index contributed by atoms with van der Waals surface area (Å²) in [6.07, 6.45) is 0. The molecule has 150 valence electrons. The molecule has 0 aliphatic heterocycles. The first-order valence-electron chi connectivity index (χ1n) is 9.75. The molecule has 0 unspecified atom stereocenters. The predicted octanol–water partition coefficient (Wildman–Crippen LogP) is 4.97. The fourth-order valence-corrected chi connectivity index (χ4v) is 3.05. The van der Waals surface area contributed by atoms with Crippen LogP contribution in [0.1, 0.15) is 48.2 Å². The van der Waals surface area contributed by atoms with Crippen LogP contribution in [-0.4, -0.2) is 22.9 Å². The third-order valence-corrected chi connectivity index (χ3v) is 4.72. The second-order valence-electron chi connectivity index (χ2n) is 8.28. The van der Waals surface area contributed by atoms with E-state index < -0.39 is 0 Å². The third kappa shape index (κ3) is 5.41. The number of benzene rings is 2. The molecule has 2 aromatic carbocycles. The molecule has 0 aliphatic carbocycles. The van der Waals surface area contributed by atoms with E-state index in [4.69, 9.17) is 0 Å². The Morgan fingerprint density at radius 1 is 1.00 bits per heavy atom. The second-order valence-corrected chi connectivity index (χ2v) is 8.28. The van der Waals surface area contributed by atoms with Crippen molar-refractivity contribution in [2.75, 3.05) is 17.3 Å². The van der Waals surface area contributed by atoms with Gasteiger partial charge in [-0.2, -0.15) is 0 Å². The van der Waals surface area contributed by atoms with Crippen LogP contribution in [0.4, 0.5) is 11.5 Å². The van der Waals surface area contributed by atoms with E-state index in [1.165, 1.54) is 11.1 Å². The summed E-state index contributed by atoms with van der Waals surface area (Å²) in [7, 11) is 1.96. The van der Waals surface area contributed by atoms with E-state index in [2.05, 4.69) is 48.2 Å². The van der Waals surface area contributed by atoms with Gasteiger partial charge < -0.3 is 10.2 Å². The molecular weight excluding hydrogens is 360 g/mol. The van der Waals surface area contributed by atoms with Crippen molar-refractivity contribution in [3.63, 3.8) is 0 Å². The SMILES string of the molecule is Cc1nc(C(=O)Nc2ccc(C(C)(C)C)cc2)cc(N(C)Cc2ccccc2)n1. The van der Waals surface area contributed by atoms with Crippen LogP contribution in [0, 0.1) is 6.92 Å². The zero-order chi connectivity index (χ0) is 21.0. The number of nitrogens with zero attached hydrogens (tertiary/aromatic N) is 3. The number of carbonyl (C=O) groups is 1. The number of amides is 1. The van der Waals surface area contributed by atoms with Crippen LogP contribution < -0.4 is 10.2 Å². The highest BCUT2D eigenvalue weighted by Gasteiger charge is 2.15. The molecule has 0 spiro atoms. The van der Waals surface area contributed by atoms with E-state index in [1.54, 1.807) is 13.0 Å². The van der Waals surface area contributed by atoms with E-state index in [9.17, 15) is 4.79 Å². The minimum atomic E-state index is -0.242. The standard InChI is InChI=1S/C24H28N4O/c1-17-25-21(15-22(26-17)28(5)16-18-9-7-6-8-10-18)23(29)27-20-13-11-19(12-14-20)24(2,3)4/h6-15H,16H2,1-5H3,(H,27,29). The molecule has 0 bridgehead atoms. The smallest absolute Gasteiger partial charge is 0.274 e. The quantitative estimate of drug-likeness (QED) is 0.670. The van der Waals surface area contributed by atoms with E-state index in [0.29, 0.717) is 18.1 Å². The summed E-state index contributed by atoms with van der Waals surface area (Å²) in [5.74, 6) is 1.04. The van der Waals surface area contributed by atoms with E-state index in [1.807, 2.05) is 54.4 Å². The molecular formula is C24H28N4O. The lowest BCUT2D eigenvalue weighted by molar-refractivity contribution is 0.102. The summed E-state index contributed by atoms with van der Waals surface area (Å²) in [4.78, 5) is 23.6. The summed E-state index contributed by atoms with van der Waals surface area (Å²) in [6.45, 7) is 8.99. The Morgan fingerprint density at radius 3 is 2.28 bits per heavy atom. The monoisotopic (exact) mass is 388 g/mol. The van der Waals surface area contributed by atoms with Crippen LogP contribution >= 0.6 is 0 Å². The fraction of sp³-hybridized carbons (Fsp3) is 0.292. The number of nitrogens with one attached hydrogen (secondary N) is 1. The van der Waals surface area contributed by atoms with Gasteiger partial charge in [-0.1, -0.05) is 63.2 Å². The van der Waals surface area contributed by atoms with Crippen molar-refractivity contribution >= 4 is 17.4 Å². The van der Waals surface area contributed by atoms with Crippen molar-refractivity contribution in [2.24, 2.45) is 0 Å². The zero-order valence-electron chi connectivity index (χ0n) is 17.7. The van der Waals surface area contributed by atoms with Crippen molar-refractivity contribution in [2.45, 2.75) is 39.7 Å². The number of aromatic nitrogens is 2. The van der Waals surface area contributed by atoms with Gasteiger partial charge in [-0.05, 0) is 35.6 Å². The van der Waals surface area contributed by atoms with E-state index >= 15 is 0 Å². The van der Waals surface area contributed by atoms with Gasteiger partial charge >= 0.3 is 0 Å². The summed E-state index contributed by atoms with van der Waals surface area (Å²) in [5.41, 5.74) is 3.57. The Labute approximate surface area is 172 Å². The third-order valence-electron chi connectivity index (χ3n) is 4.72. The Morgan fingerprint density at radius 2 is 1.66 bits per heavy atom. The van der Waals surface area contributed by atoms with Crippen LogP contribution in [0.3, 0.4) is 0 Å². The van der Waals surface area contributed by atoms with Crippen molar-refractivity contribution in [1.29, 1.82) is 0 Å². The first-order valence-corrected chi connectivity index (χ1v) is 9.75. The number of anilines is 2. The summed E-state index contributed by atoms with van der Waals surface area (Å²) < 4.78 is 0. The molecule has 1 aromatic heterocycles. The molecule has 0 radical (unpaired) electrons. The Kier molecular flexibility index (Phi) is 5.97. The van der Waals surface area contributed by atoms with Gasteiger partial charge in [0.1, 0.15) is 17.3 Å². The number of hydrogen-bond acceptors (Lipinski definition) is 4.